The summed E-state index contributed by atoms with van der Waals surface area (Å²) in [5, 5.41) is 3.89. The summed E-state index contributed by atoms with van der Waals surface area (Å²) in [7, 11) is 0. The molecule has 18 heavy (non-hydrogen) atoms. The first kappa shape index (κ1) is 13.0. The first-order valence-corrected chi connectivity index (χ1v) is 8.65. The van der Waals surface area contributed by atoms with Crippen LogP contribution in [0.5, 0.6) is 0 Å². The second-order valence-corrected chi connectivity index (χ2v) is 7.21. The van der Waals surface area contributed by atoms with Gasteiger partial charge in [-0.3, -0.25) is 0 Å². The molecule has 0 aromatic carbocycles. The Morgan fingerprint density at radius 1 is 1.11 bits per heavy atom. The Hall–Kier alpha value is 0.0100. The Labute approximate surface area is 115 Å². The van der Waals surface area contributed by atoms with Crippen molar-refractivity contribution in [3.63, 3.8) is 0 Å². The number of nitrogens with one attached hydrogen (secondary N) is 1. The van der Waals surface area contributed by atoms with Crippen LogP contribution < -0.4 is 5.32 Å². The highest BCUT2D eigenvalue weighted by molar-refractivity contribution is 7.99. The van der Waals surface area contributed by atoms with Crippen LogP contribution in [0.4, 0.5) is 0 Å². The molecule has 3 aliphatic rings. The van der Waals surface area contributed by atoms with Crippen molar-refractivity contribution >= 4 is 11.8 Å². The highest BCUT2D eigenvalue weighted by Gasteiger charge is 2.39. The van der Waals surface area contributed by atoms with Crippen LogP contribution in [-0.4, -0.2) is 35.8 Å². The van der Waals surface area contributed by atoms with E-state index in [1.54, 1.807) is 0 Å². The minimum Gasteiger partial charge on any atom is -0.375 e. The molecule has 2 unspecified atom stereocenters. The first-order chi connectivity index (χ1) is 8.86. The van der Waals surface area contributed by atoms with Gasteiger partial charge in [-0.2, -0.15) is 11.8 Å². The van der Waals surface area contributed by atoms with Crippen molar-refractivity contribution in [3.05, 3.63) is 12.2 Å². The molecule has 0 bridgehead atoms. The van der Waals surface area contributed by atoms with E-state index in [2.05, 4.69) is 29.2 Å². The summed E-state index contributed by atoms with van der Waals surface area (Å²) in [6.07, 6.45) is 13.4. The third kappa shape index (κ3) is 3.12. The molecule has 0 aromatic rings. The Kier molecular flexibility index (Phi) is 4.32. The monoisotopic (exact) mass is 267 g/mol. The molecule has 102 valence electrons. The molecule has 2 saturated heterocycles. The summed E-state index contributed by atoms with van der Waals surface area (Å²) < 4.78 is 6.16. The van der Waals surface area contributed by atoms with Gasteiger partial charge in [0.1, 0.15) is 0 Å². The van der Waals surface area contributed by atoms with E-state index >= 15 is 0 Å². The van der Waals surface area contributed by atoms with Gasteiger partial charge in [0.2, 0.25) is 0 Å². The molecule has 3 rings (SSSR count). The van der Waals surface area contributed by atoms with E-state index in [9.17, 15) is 0 Å². The van der Waals surface area contributed by atoms with Crippen LogP contribution >= 0.6 is 11.8 Å². The summed E-state index contributed by atoms with van der Waals surface area (Å²) in [6.45, 7) is 0.963. The van der Waals surface area contributed by atoms with Gasteiger partial charge in [-0.25, -0.2) is 0 Å². The molecule has 0 amide bonds. The molecule has 1 N–H and O–H groups in total. The number of ether oxygens (including phenoxy) is 1. The lowest BCUT2D eigenvalue weighted by molar-refractivity contribution is -0.0942. The number of thioether (sulfide) groups is 1. The van der Waals surface area contributed by atoms with Gasteiger partial charge in [-0.05, 0) is 56.5 Å². The Bertz CT molecular complexity index is 293. The fourth-order valence-corrected chi connectivity index (χ4v) is 4.78. The average Bonchev–Trinajstić information content (AvgIpc) is 2.41. The van der Waals surface area contributed by atoms with E-state index in [-0.39, 0.29) is 5.60 Å². The lowest BCUT2D eigenvalue weighted by Crippen LogP contribution is -2.51. The van der Waals surface area contributed by atoms with Gasteiger partial charge >= 0.3 is 0 Å². The van der Waals surface area contributed by atoms with E-state index in [1.165, 1.54) is 56.5 Å². The zero-order valence-corrected chi connectivity index (χ0v) is 12.0. The second-order valence-electron chi connectivity index (χ2n) is 5.98. The van der Waals surface area contributed by atoms with Gasteiger partial charge in [-0.1, -0.05) is 12.2 Å². The van der Waals surface area contributed by atoms with Crippen molar-refractivity contribution in [2.75, 3.05) is 18.1 Å². The zero-order chi connectivity index (χ0) is 12.3. The number of allylic oxidation sites excluding steroid dienone is 1. The molecule has 2 atom stereocenters. The second kappa shape index (κ2) is 5.98. The van der Waals surface area contributed by atoms with Crippen LogP contribution in [-0.2, 0) is 4.74 Å². The molecule has 2 heterocycles. The Balaban J connectivity index is 1.54. The van der Waals surface area contributed by atoms with Gasteiger partial charge in [0.05, 0.1) is 5.60 Å². The summed E-state index contributed by atoms with van der Waals surface area (Å²) in [5.41, 5.74) is 0.228. The predicted octanol–water partition coefficient (Wildman–Crippen LogP) is 3.13. The Morgan fingerprint density at radius 2 is 2.00 bits per heavy atom. The van der Waals surface area contributed by atoms with E-state index < -0.39 is 0 Å². The van der Waals surface area contributed by atoms with E-state index in [1.807, 2.05) is 0 Å². The fraction of sp³-hybridized carbons (Fsp3) is 0.867. The standard InChI is InChI=1S/C15H25NOS/c1-2-4-13(5-3-1)16-14-6-9-17-15(12-14)7-10-18-11-8-15/h1-2,13-14,16H,3-12H2. The van der Waals surface area contributed by atoms with E-state index in [4.69, 9.17) is 4.74 Å². The van der Waals surface area contributed by atoms with Gasteiger partial charge in [0.25, 0.3) is 0 Å². The number of hydrogen-bond acceptors (Lipinski definition) is 3. The van der Waals surface area contributed by atoms with Crippen LogP contribution in [0.15, 0.2) is 12.2 Å². The lowest BCUT2D eigenvalue weighted by Gasteiger charge is -2.44. The molecule has 2 nitrogen and oxygen atoms in total. The van der Waals surface area contributed by atoms with Crippen LogP contribution in [0.25, 0.3) is 0 Å². The highest BCUT2D eigenvalue weighted by atomic mass is 32.2. The van der Waals surface area contributed by atoms with Crippen LogP contribution in [0.3, 0.4) is 0 Å². The van der Waals surface area contributed by atoms with Gasteiger partial charge in [-0.15, -0.1) is 0 Å². The van der Waals surface area contributed by atoms with Gasteiger partial charge < -0.3 is 10.1 Å². The maximum atomic E-state index is 6.16. The topological polar surface area (TPSA) is 21.3 Å². The van der Waals surface area contributed by atoms with Crippen molar-refractivity contribution in [1.82, 2.24) is 5.32 Å². The lowest BCUT2D eigenvalue weighted by atomic mass is 9.85. The smallest absolute Gasteiger partial charge is 0.0713 e. The zero-order valence-electron chi connectivity index (χ0n) is 11.2. The molecule has 1 aliphatic carbocycles. The van der Waals surface area contributed by atoms with Gasteiger partial charge in [0.15, 0.2) is 0 Å². The third-order valence-corrected chi connectivity index (χ3v) is 5.62. The molecule has 0 aromatic heterocycles. The number of rotatable bonds is 2. The maximum absolute atomic E-state index is 6.16. The molecule has 0 saturated carbocycles. The summed E-state index contributed by atoms with van der Waals surface area (Å²) in [4.78, 5) is 0. The van der Waals surface area contributed by atoms with Crippen molar-refractivity contribution in [3.8, 4) is 0 Å². The predicted molar refractivity (Wildman–Crippen MR) is 78.2 cm³/mol. The van der Waals surface area contributed by atoms with E-state index in [0.717, 1.165) is 6.61 Å². The summed E-state index contributed by atoms with van der Waals surface area (Å²) >= 11 is 2.09. The minimum atomic E-state index is 0.228. The van der Waals surface area contributed by atoms with Crippen molar-refractivity contribution in [2.24, 2.45) is 0 Å². The van der Waals surface area contributed by atoms with Crippen LogP contribution in [0.2, 0.25) is 0 Å². The average molecular weight is 267 g/mol. The summed E-state index contributed by atoms with van der Waals surface area (Å²) in [6, 6.07) is 1.41. The summed E-state index contributed by atoms with van der Waals surface area (Å²) in [5.74, 6) is 2.58. The van der Waals surface area contributed by atoms with Crippen LogP contribution in [0, 0.1) is 0 Å². The minimum absolute atomic E-state index is 0.228. The quantitative estimate of drug-likeness (QED) is 0.777. The van der Waals surface area contributed by atoms with Crippen LogP contribution in [0.1, 0.15) is 44.9 Å². The molecular weight excluding hydrogens is 242 g/mol. The molecule has 1 spiro atoms. The normalized spacial score (nSPS) is 35.8. The van der Waals surface area contributed by atoms with Crippen molar-refractivity contribution < 1.29 is 4.74 Å². The fourth-order valence-electron chi connectivity index (χ4n) is 3.54. The highest BCUT2D eigenvalue weighted by Crippen LogP contribution is 2.37. The Morgan fingerprint density at radius 3 is 2.78 bits per heavy atom. The first-order valence-electron chi connectivity index (χ1n) is 7.49. The van der Waals surface area contributed by atoms with Crippen molar-refractivity contribution in [1.29, 1.82) is 0 Å². The van der Waals surface area contributed by atoms with Gasteiger partial charge in [0, 0.05) is 18.7 Å². The molecule has 2 fully saturated rings. The SMILES string of the molecule is C1=CCC(NC2CCOC3(CCSCC3)C2)CC1. The maximum Gasteiger partial charge on any atom is 0.0713 e. The molecule has 0 radical (unpaired) electrons. The molecular formula is C15H25NOS. The molecule has 3 heteroatoms. The van der Waals surface area contributed by atoms with E-state index in [0.29, 0.717) is 12.1 Å². The third-order valence-electron chi connectivity index (χ3n) is 4.64. The number of hydrogen-bond donors (Lipinski definition) is 1. The largest absolute Gasteiger partial charge is 0.375 e. The molecule has 2 aliphatic heterocycles. The van der Waals surface area contributed by atoms with Crippen molar-refractivity contribution in [2.45, 2.75) is 62.6 Å².